The summed E-state index contributed by atoms with van der Waals surface area (Å²) in [6, 6.07) is 0. The molecule has 0 aromatic rings. The van der Waals surface area contributed by atoms with Crippen LogP contribution in [0.3, 0.4) is 0 Å². The van der Waals surface area contributed by atoms with Crippen LogP contribution >= 0.6 is 0 Å². The van der Waals surface area contributed by atoms with E-state index in [1.807, 2.05) is 13.8 Å². The average molecular weight is 162 g/mol. The maximum Gasteiger partial charge on any atom is 0.271 e. The fraction of sp³-hybridized carbons (Fsp3) is 1.00. The van der Waals surface area contributed by atoms with E-state index in [0.29, 0.717) is 13.2 Å². The normalized spacial score (nSPS) is 10.9. The molecule has 3 nitrogen and oxygen atoms in total. The number of ether oxygens (including phenoxy) is 3. The van der Waals surface area contributed by atoms with Crippen molar-refractivity contribution in [2.75, 3.05) is 20.3 Å². The van der Waals surface area contributed by atoms with E-state index < -0.39 is 6.48 Å². The van der Waals surface area contributed by atoms with Crippen molar-refractivity contribution in [1.82, 2.24) is 0 Å². The molecule has 0 aromatic heterocycles. The number of methoxy groups -OCH3 is 1. The van der Waals surface area contributed by atoms with E-state index in [1.54, 1.807) is 7.11 Å². The second kappa shape index (κ2) is 7.98. The van der Waals surface area contributed by atoms with Crippen LogP contribution in [-0.2, 0) is 14.2 Å². The van der Waals surface area contributed by atoms with Crippen LogP contribution in [0.1, 0.15) is 26.7 Å². The van der Waals surface area contributed by atoms with Gasteiger partial charge < -0.3 is 14.2 Å². The van der Waals surface area contributed by atoms with Gasteiger partial charge in [-0.2, -0.15) is 0 Å². The number of rotatable bonds is 7. The first kappa shape index (κ1) is 10.9. The smallest absolute Gasteiger partial charge is 0.271 e. The van der Waals surface area contributed by atoms with Crippen LogP contribution in [-0.4, -0.2) is 26.8 Å². The van der Waals surface area contributed by atoms with Gasteiger partial charge in [0.15, 0.2) is 0 Å². The first-order valence-corrected chi connectivity index (χ1v) is 4.11. The largest absolute Gasteiger partial charge is 0.333 e. The third kappa shape index (κ3) is 6.28. The second-order valence-electron chi connectivity index (χ2n) is 2.27. The van der Waals surface area contributed by atoms with Gasteiger partial charge in [-0.3, -0.25) is 0 Å². The molecule has 0 aliphatic heterocycles. The molecule has 0 N–H and O–H groups in total. The highest BCUT2D eigenvalue weighted by Gasteiger charge is 2.04. The van der Waals surface area contributed by atoms with Crippen molar-refractivity contribution in [3.8, 4) is 0 Å². The van der Waals surface area contributed by atoms with Gasteiger partial charge in [-0.25, -0.2) is 0 Å². The van der Waals surface area contributed by atoms with Crippen LogP contribution in [0, 0.1) is 0 Å². The summed E-state index contributed by atoms with van der Waals surface area (Å²) < 4.78 is 15.3. The van der Waals surface area contributed by atoms with Crippen LogP contribution in [0.2, 0.25) is 0 Å². The minimum atomic E-state index is -0.477. The van der Waals surface area contributed by atoms with Crippen molar-refractivity contribution in [2.24, 2.45) is 0 Å². The molecule has 0 spiro atoms. The lowest BCUT2D eigenvalue weighted by Gasteiger charge is -2.15. The Labute approximate surface area is 68.6 Å². The van der Waals surface area contributed by atoms with Gasteiger partial charge in [0.2, 0.25) is 0 Å². The zero-order valence-electron chi connectivity index (χ0n) is 7.63. The van der Waals surface area contributed by atoms with Crippen LogP contribution in [0.25, 0.3) is 0 Å². The molecule has 0 aromatic carbocycles. The molecule has 3 heteroatoms. The molecule has 0 amide bonds. The highest BCUT2D eigenvalue weighted by molar-refractivity contribution is 4.28. The van der Waals surface area contributed by atoms with E-state index in [4.69, 9.17) is 14.2 Å². The molecule has 0 saturated heterocycles. The third-order valence-electron chi connectivity index (χ3n) is 1.11. The lowest BCUT2D eigenvalue weighted by atomic mass is 10.5. The Morgan fingerprint density at radius 3 is 1.73 bits per heavy atom. The predicted molar refractivity (Wildman–Crippen MR) is 43.3 cm³/mol. The minimum absolute atomic E-state index is 0.477. The summed E-state index contributed by atoms with van der Waals surface area (Å²) in [4.78, 5) is 0. The van der Waals surface area contributed by atoms with Crippen molar-refractivity contribution < 1.29 is 14.2 Å². The summed E-state index contributed by atoms with van der Waals surface area (Å²) in [5.74, 6) is 0. The monoisotopic (exact) mass is 162 g/mol. The van der Waals surface area contributed by atoms with Crippen molar-refractivity contribution in [1.29, 1.82) is 0 Å². The van der Waals surface area contributed by atoms with E-state index in [0.717, 1.165) is 12.8 Å². The molecule has 0 aliphatic rings. The maximum absolute atomic E-state index is 5.20. The molecule has 11 heavy (non-hydrogen) atoms. The van der Waals surface area contributed by atoms with E-state index in [-0.39, 0.29) is 0 Å². The molecule has 0 heterocycles. The molecule has 0 fully saturated rings. The second-order valence-corrected chi connectivity index (χ2v) is 2.27. The molecular weight excluding hydrogens is 144 g/mol. The third-order valence-corrected chi connectivity index (χ3v) is 1.11. The molecule has 0 bridgehead atoms. The summed E-state index contributed by atoms with van der Waals surface area (Å²) >= 11 is 0. The van der Waals surface area contributed by atoms with Gasteiger partial charge in [-0.15, -0.1) is 0 Å². The molecule has 0 atom stereocenters. The lowest BCUT2D eigenvalue weighted by Crippen LogP contribution is -2.20. The van der Waals surface area contributed by atoms with E-state index in [1.165, 1.54) is 0 Å². The zero-order chi connectivity index (χ0) is 8.53. The molecule has 0 saturated carbocycles. The van der Waals surface area contributed by atoms with E-state index >= 15 is 0 Å². The number of hydrogen-bond donors (Lipinski definition) is 0. The van der Waals surface area contributed by atoms with Gasteiger partial charge in [0.25, 0.3) is 6.48 Å². The average Bonchev–Trinajstić information content (AvgIpc) is 2.05. The standard InChI is InChI=1S/C8H18O3/c1-4-6-10-8(9-3)11-7-5-2/h8H,4-7H2,1-3H3. The summed E-state index contributed by atoms with van der Waals surface area (Å²) in [5, 5.41) is 0. The quantitative estimate of drug-likeness (QED) is 0.534. The van der Waals surface area contributed by atoms with Crippen molar-refractivity contribution in [3.05, 3.63) is 0 Å². The van der Waals surface area contributed by atoms with Crippen LogP contribution in [0.4, 0.5) is 0 Å². The maximum atomic E-state index is 5.20. The minimum Gasteiger partial charge on any atom is -0.333 e. The van der Waals surface area contributed by atoms with Gasteiger partial charge in [-0.05, 0) is 12.8 Å². The Morgan fingerprint density at radius 2 is 1.45 bits per heavy atom. The summed E-state index contributed by atoms with van der Waals surface area (Å²) in [5.41, 5.74) is 0. The summed E-state index contributed by atoms with van der Waals surface area (Å²) in [7, 11) is 1.58. The fourth-order valence-corrected chi connectivity index (χ4v) is 0.612. The summed E-state index contributed by atoms with van der Waals surface area (Å²) in [6.45, 7) is 4.98. The Balaban J connectivity index is 3.25. The SMILES string of the molecule is CCCOC(OC)OCCC. The zero-order valence-corrected chi connectivity index (χ0v) is 7.63. The van der Waals surface area contributed by atoms with Gasteiger partial charge in [0, 0.05) is 7.11 Å². The lowest BCUT2D eigenvalue weighted by molar-refractivity contribution is -0.276. The Bertz CT molecular complexity index is 67.7. The van der Waals surface area contributed by atoms with Crippen molar-refractivity contribution in [2.45, 2.75) is 33.2 Å². The van der Waals surface area contributed by atoms with Gasteiger partial charge >= 0.3 is 0 Å². The molecule has 0 aliphatic carbocycles. The molecule has 68 valence electrons. The predicted octanol–water partition coefficient (Wildman–Crippen LogP) is 1.77. The van der Waals surface area contributed by atoms with Gasteiger partial charge in [0.05, 0.1) is 13.2 Å². The molecule has 0 unspecified atom stereocenters. The molecule has 0 radical (unpaired) electrons. The Morgan fingerprint density at radius 1 is 1.00 bits per heavy atom. The highest BCUT2D eigenvalue weighted by atomic mass is 16.8. The van der Waals surface area contributed by atoms with E-state index in [2.05, 4.69) is 0 Å². The van der Waals surface area contributed by atoms with Crippen LogP contribution < -0.4 is 0 Å². The van der Waals surface area contributed by atoms with Crippen LogP contribution in [0.5, 0.6) is 0 Å². The van der Waals surface area contributed by atoms with Gasteiger partial charge in [0.1, 0.15) is 0 Å². The van der Waals surface area contributed by atoms with Gasteiger partial charge in [-0.1, -0.05) is 13.8 Å². The fourth-order valence-electron chi connectivity index (χ4n) is 0.612. The summed E-state index contributed by atoms with van der Waals surface area (Å²) in [6.07, 6.45) is 1.96. The molecule has 0 rings (SSSR count). The van der Waals surface area contributed by atoms with Crippen LogP contribution in [0.15, 0.2) is 0 Å². The van der Waals surface area contributed by atoms with Crippen molar-refractivity contribution >= 4 is 0 Å². The van der Waals surface area contributed by atoms with Crippen molar-refractivity contribution in [3.63, 3.8) is 0 Å². The topological polar surface area (TPSA) is 27.7 Å². The highest BCUT2D eigenvalue weighted by Crippen LogP contribution is 1.97. The Kier molecular flexibility index (Phi) is 7.89. The van der Waals surface area contributed by atoms with E-state index in [9.17, 15) is 0 Å². The first-order chi connectivity index (χ1) is 5.35. The Hall–Kier alpha value is -0.120. The number of hydrogen-bond acceptors (Lipinski definition) is 3. The molecular formula is C8H18O3. The first-order valence-electron chi connectivity index (χ1n) is 4.11.